The van der Waals surface area contributed by atoms with Gasteiger partial charge >= 0.3 is 0 Å². The van der Waals surface area contributed by atoms with Crippen molar-refractivity contribution in [1.29, 1.82) is 0 Å². The van der Waals surface area contributed by atoms with Crippen LogP contribution in [0, 0.1) is 11.7 Å². The van der Waals surface area contributed by atoms with Gasteiger partial charge in [-0.05, 0) is 18.4 Å². The van der Waals surface area contributed by atoms with Crippen molar-refractivity contribution in [2.24, 2.45) is 5.92 Å². The Hall–Kier alpha value is -1.16. The van der Waals surface area contributed by atoms with Crippen LogP contribution in [0.5, 0.6) is 0 Å². The lowest BCUT2D eigenvalue weighted by Gasteiger charge is -2.12. The Morgan fingerprint density at radius 1 is 1.50 bits per heavy atom. The largest absolute Gasteiger partial charge is 0.397 e. The molecule has 1 fully saturated rings. The Labute approximate surface area is 98.9 Å². The normalized spacial score (nSPS) is 23.2. The molecular formula is C11H15ClFN3. The summed E-state index contributed by atoms with van der Waals surface area (Å²) in [6.45, 7) is 2.11. The molecule has 1 aliphatic rings. The minimum Gasteiger partial charge on any atom is -0.397 e. The third-order valence-electron chi connectivity index (χ3n) is 3.04. The molecule has 0 saturated heterocycles. The van der Waals surface area contributed by atoms with Crippen LogP contribution >= 0.6 is 11.6 Å². The number of rotatable bonds is 3. The maximum Gasteiger partial charge on any atom is 0.169 e. The van der Waals surface area contributed by atoms with Gasteiger partial charge < -0.3 is 16.8 Å². The van der Waals surface area contributed by atoms with Crippen LogP contribution in [0.2, 0.25) is 5.02 Å². The van der Waals surface area contributed by atoms with E-state index in [2.05, 4.69) is 12.2 Å². The zero-order chi connectivity index (χ0) is 11.9. The molecule has 5 N–H and O–H groups in total. The third kappa shape index (κ3) is 1.89. The maximum atomic E-state index is 13.8. The van der Waals surface area contributed by atoms with E-state index in [1.807, 2.05) is 0 Å². The number of halogens is 2. The van der Waals surface area contributed by atoms with E-state index in [0.717, 1.165) is 12.8 Å². The number of nitrogens with two attached hydrogens (primary N) is 2. The fourth-order valence-corrected chi connectivity index (χ4v) is 2.02. The number of nitrogens with one attached hydrogen (secondary N) is 1. The summed E-state index contributed by atoms with van der Waals surface area (Å²) in [4.78, 5) is 0. The monoisotopic (exact) mass is 243 g/mol. The smallest absolute Gasteiger partial charge is 0.169 e. The highest BCUT2D eigenvalue weighted by Gasteiger charge is 2.36. The molecule has 0 heterocycles. The summed E-state index contributed by atoms with van der Waals surface area (Å²) in [6.07, 6.45) is 2.14. The van der Waals surface area contributed by atoms with Gasteiger partial charge in [-0.25, -0.2) is 4.39 Å². The lowest BCUT2D eigenvalue weighted by atomic mass is 10.2. The number of hydrogen-bond donors (Lipinski definition) is 3. The van der Waals surface area contributed by atoms with Crippen LogP contribution in [-0.4, -0.2) is 6.04 Å². The highest BCUT2D eigenvalue weighted by Crippen LogP contribution is 2.40. The molecule has 16 heavy (non-hydrogen) atoms. The standard InChI is InChI=1S/C11H15ClFN3/c1-2-5-3-8(5)16-11-7(15)4-6(14)9(12)10(11)13/h4-5,8,16H,2-3,14-15H2,1H3. The van der Waals surface area contributed by atoms with Crippen LogP contribution in [0.25, 0.3) is 0 Å². The summed E-state index contributed by atoms with van der Waals surface area (Å²) < 4.78 is 13.8. The Bertz CT molecular complexity index is 422. The second-order valence-electron chi connectivity index (χ2n) is 4.21. The van der Waals surface area contributed by atoms with Gasteiger partial charge in [0.05, 0.1) is 17.1 Å². The van der Waals surface area contributed by atoms with Gasteiger partial charge in [-0.1, -0.05) is 24.9 Å². The molecule has 0 radical (unpaired) electrons. The highest BCUT2D eigenvalue weighted by molar-refractivity contribution is 6.33. The Kier molecular flexibility index (Phi) is 2.84. The van der Waals surface area contributed by atoms with Crippen molar-refractivity contribution in [2.45, 2.75) is 25.8 Å². The first-order chi connectivity index (χ1) is 7.54. The molecule has 2 atom stereocenters. The van der Waals surface area contributed by atoms with E-state index in [9.17, 15) is 4.39 Å². The zero-order valence-electron chi connectivity index (χ0n) is 9.06. The van der Waals surface area contributed by atoms with E-state index >= 15 is 0 Å². The van der Waals surface area contributed by atoms with E-state index in [1.165, 1.54) is 6.07 Å². The Balaban J connectivity index is 2.24. The van der Waals surface area contributed by atoms with Gasteiger partial charge in [0.2, 0.25) is 0 Å². The topological polar surface area (TPSA) is 64.1 Å². The van der Waals surface area contributed by atoms with E-state index in [0.29, 0.717) is 17.6 Å². The molecule has 0 bridgehead atoms. The first-order valence-corrected chi connectivity index (χ1v) is 5.71. The molecule has 3 nitrogen and oxygen atoms in total. The molecule has 2 unspecified atom stereocenters. The van der Waals surface area contributed by atoms with Gasteiger partial charge in [-0.2, -0.15) is 0 Å². The fraction of sp³-hybridized carbons (Fsp3) is 0.455. The summed E-state index contributed by atoms with van der Waals surface area (Å²) in [6, 6.07) is 1.79. The lowest BCUT2D eigenvalue weighted by Crippen LogP contribution is -2.10. The van der Waals surface area contributed by atoms with Crippen molar-refractivity contribution >= 4 is 28.7 Å². The predicted molar refractivity (Wildman–Crippen MR) is 66.0 cm³/mol. The average molecular weight is 244 g/mol. The van der Waals surface area contributed by atoms with Gasteiger partial charge in [0.25, 0.3) is 0 Å². The first kappa shape index (κ1) is 11.3. The van der Waals surface area contributed by atoms with Crippen molar-refractivity contribution in [2.75, 3.05) is 16.8 Å². The summed E-state index contributed by atoms with van der Waals surface area (Å²) in [5.41, 5.74) is 12.0. The highest BCUT2D eigenvalue weighted by atomic mass is 35.5. The van der Waals surface area contributed by atoms with E-state index in [1.54, 1.807) is 0 Å². The van der Waals surface area contributed by atoms with Crippen LogP contribution in [0.4, 0.5) is 21.5 Å². The molecule has 1 aromatic carbocycles. The summed E-state index contributed by atoms with van der Waals surface area (Å²) in [7, 11) is 0. The fourth-order valence-electron chi connectivity index (χ4n) is 1.87. The molecule has 0 aromatic heterocycles. The van der Waals surface area contributed by atoms with Crippen molar-refractivity contribution in [3.63, 3.8) is 0 Å². The lowest BCUT2D eigenvalue weighted by molar-refractivity contribution is 0.630. The molecule has 1 saturated carbocycles. The van der Waals surface area contributed by atoms with Crippen LogP contribution in [0.15, 0.2) is 6.07 Å². The van der Waals surface area contributed by atoms with Crippen molar-refractivity contribution < 1.29 is 4.39 Å². The molecule has 2 rings (SSSR count). The van der Waals surface area contributed by atoms with Crippen LogP contribution in [-0.2, 0) is 0 Å². The SMILES string of the molecule is CCC1CC1Nc1c(N)cc(N)c(Cl)c1F. The minimum atomic E-state index is -0.555. The van der Waals surface area contributed by atoms with Crippen LogP contribution in [0.3, 0.4) is 0 Å². The summed E-state index contributed by atoms with van der Waals surface area (Å²) in [5, 5.41) is 3.02. The molecule has 0 aliphatic heterocycles. The predicted octanol–water partition coefficient (Wildman–Crippen LogP) is 2.85. The van der Waals surface area contributed by atoms with Gasteiger partial charge in [-0.3, -0.25) is 0 Å². The Morgan fingerprint density at radius 3 is 2.75 bits per heavy atom. The van der Waals surface area contributed by atoms with Crippen LogP contribution in [0.1, 0.15) is 19.8 Å². The van der Waals surface area contributed by atoms with Gasteiger partial charge in [0, 0.05) is 6.04 Å². The number of nitrogen functional groups attached to an aromatic ring is 2. The van der Waals surface area contributed by atoms with E-state index in [4.69, 9.17) is 23.1 Å². The molecule has 5 heteroatoms. The van der Waals surface area contributed by atoms with Gasteiger partial charge in [0.1, 0.15) is 5.02 Å². The molecule has 0 spiro atoms. The summed E-state index contributed by atoms with van der Waals surface area (Å²) >= 11 is 5.73. The number of anilines is 3. The Morgan fingerprint density at radius 2 is 2.19 bits per heavy atom. The number of benzene rings is 1. The maximum absolute atomic E-state index is 13.8. The first-order valence-electron chi connectivity index (χ1n) is 5.34. The summed E-state index contributed by atoms with van der Waals surface area (Å²) in [5.74, 6) is 0.0519. The average Bonchev–Trinajstić information content (AvgIpc) is 3.00. The van der Waals surface area contributed by atoms with Crippen LogP contribution < -0.4 is 16.8 Å². The van der Waals surface area contributed by atoms with Gasteiger partial charge in [0.15, 0.2) is 5.82 Å². The molecule has 1 aliphatic carbocycles. The quantitative estimate of drug-likeness (QED) is 0.716. The second-order valence-corrected chi connectivity index (χ2v) is 4.59. The zero-order valence-corrected chi connectivity index (χ0v) is 9.81. The molecule has 0 amide bonds. The third-order valence-corrected chi connectivity index (χ3v) is 3.43. The number of hydrogen-bond acceptors (Lipinski definition) is 3. The molecule has 1 aromatic rings. The molecular weight excluding hydrogens is 229 g/mol. The molecule has 88 valence electrons. The van der Waals surface area contributed by atoms with E-state index < -0.39 is 5.82 Å². The van der Waals surface area contributed by atoms with Crippen molar-refractivity contribution in [1.82, 2.24) is 0 Å². The second kappa shape index (κ2) is 4.01. The van der Waals surface area contributed by atoms with Crippen molar-refractivity contribution in [3.8, 4) is 0 Å². The van der Waals surface area contributed by atoms with Gasteiger partial charge in [-0.15, -0.1) is 0 Å². The van der Waals surface area contributed by atoms with E-state index in [-0.39, 0.29) is 16.4 Å². The minimum absolute atomic E-state index is 0.0644. The van der Waals surface area contributed by atoms with Crippen molar-refractivity contribution in [3.05, 3.63) is 16.9 Å².